The summed E-state index contributed by atoms with van der Waals surface area (Å²) >= 11 is 3.50. The van der Waals surface area contributed by atoms with E-state index in [1.54, 1.807) is 12.1 Å². The molecule has 1 amide bonds. The molecule has 0 saturated carbocycles. The number of aromatic nitrogens is 1. The van der Waals surface area contributed by atoms with Gasteiger partial charge >= 0.3 is 5.97 Å². The molecule has 7 heteroatoms. The van der Waals surface area contributed by atoms with E-state index >= 15 is 0 Å². The summed E-state index contributed by atoms with van der Waals surface area (Å²) in [7, 11) is 0. The van der Waals surface area contributed by atoms with Crippen LogP contribution >= 0.6 is 15.9 Å². The van der Waals surface area contributed by atoms with Crippen LogP contribution in [-0.2, 0) is 16.0 Å². The summed E-state index contributed by atoms with van der Waals surface area (Å²) in [5.41, 5.74) is 6.64. The van der Waals surface area contributed by atoms with Crippen LogP contribution in [0.3, 0.4) is 0 Å². The maximum atomic E-state index is 13.6. The number of hydrogen-bond donors (Lipinski definition) is 4. The standard InChI is InChI=1S/C32H26BrN3O3/c33-23-16-14-21(15-17-23)28-30-25(24-8-4-5-9-26(24)34-30)18-27(35-28)31(37)36-29(32(38)39)22-12-10-20(11-13-22)19-6-2-1-3-7-19/h1-17,27-29,34-35H,18H2,(H,36,37)(H,38,39)/t27-,28+,29?/m1/s1. The Bertz CT molecular complexity index is 1650. The molecule has 194 valence electrons. The average molecular weight is 580 g/mol. The first-order valence-electron chi connectivity index (χ1n) is 12.8. The molecule has 0 bridgehead atoms. The molecule has 39 heavy (non-hydrogen) atoms. The number of carbonyl (C=O) groups is 2. The monoisotopic (exact) mass is 579 g/mol. The molecule has 4 aromatic carbocycles. The molecule has 0 fully saturated rings. The number of amides is 1. The van der Waals surface area contributed by atoms with E-state index < -0.39 is 18.1 Å². The van der Waals surface area contributed by atoms with Crippen molar-refractivity contribution in [2.45, 2.75) is 24.5 Å². The van der Waals surface area contributed by atoms with Gasteiger partial charge < -0.3 is 15.4 Å². The van der Waals surface area contributed by atoms with Crippen molar-refractivity contribution in [2.24, 2.45) is 0 Å². The van der Waals surface area contributed by atoms with Crippen LogP contribution in [0.15, 0.2) is 108 Å². The van der Waals surface area contributed by atoms with Crippen molar-refractivity contribution in [1.29, 1.82) is 0 Å². The normalized spacial score (nSPS) is 17.4. The summed E-state index contributed by atoms with van der Waals surface area (Å²) in [5.74, 6) is -1.46. The van der Waals surface area contributed by atoms with Crippen LogP contribution in [0.2, 0.25) is 0 Å². The molecule has 0 aliphatic carbocycles. The van der Waals surface area contributed by atoms with Crippen molar-refractivity contribution in [1.82, 2.24) is 15.6 Å². The highest BCUT2D eigenvalue weighted by Gasteiger charge is 2.35. The second kappa shape index (κ2) is 10.5. The number of para-hydroxylation sites is 1. The van der Waals surface area contributed by atoms with Gasteiger partial charge in [-0.05, 0) is 52.4 Å². The van der Waals surface area contributed by atoms with Gasteiger partial charge in [0.05, 0.1) is 12.1 Å². The van der Waals surface area contributed by atoms with Gasteiger partial charge in [0.1, 0.15) is 0 Å². The van der Waals surface area contributed by atoms with Crippen molar-refractivity contribution in [3.05, 3.63) is 130 Å². The number of aliphatic carboxylic acids is 1. The lowest BCUT2D eigenvalue weighted by atomic mass is 9.90. The molecule has 4 N–H and O–H groups in total. The molecule has 1 aromatic heterocycles. The average Bonchev–Trinajstić information content (AvgIpc) is 3.35. The molecule has 6 rings (SSSR count). The SMILES string of the molecule is O=C(O)C(NC(=O)[C@H]1Cc2c([nH]c3ccccc23)[C@H](c2ccc(Br)cc2)N1)c1ccc(-c2ccccc2)cc1. The van der Waals surface area contributed by atoms with Crippen LogP contribution in [-0.4, -0.2) is 28.0 Å². The lowest BCUT2D eigenvalue weighted by molar-refractivity contribution is -0.142. The molecule has 1 unspecified atom stereocenters. The molecule has 0 saturated heterocycles. The van der Waals surface area contributed by atoms with E-state index in [9.17, 15) is 14.7 Å². The van der Waals surface area contributed by atoms with Crippen molar-refractivity contribution >= 4 is 38.7 Å². The van der Waals surface area contributed by atoms with Gasteiger partial charge in [0.25, 0.3) is 0 Å². The van der Waals surface area contributed by atoms with Gasteiger partial charge in [-0.1, -0.05) is 101 Å². The molecular weight excluding hydrogens is 554 g/mol. The number of benzene rings is 4. The Morgan fingerprint density at radius 1 is 0.846 bits per heavy atom. The number of fused-ring (bicyclic) bond motifs is 3. The zero-order valence-corrected chi connectivity index (χ0v) is 22.5. The fourth-order valence-electron chi connectivity index (χ4n) is 5.35. The summed E-state index contributed by atoms with van der Waals surface area (Å²) in [5, 5.41) is 17.4. The lowest BCUT2D eigenvalue weighted by Crippen LogP contribution is -2.51. The third kappa shape index (κ3) is 4.99. The van der Waals surface area contributed by atoms with Gasteiger partial charge in [-0.25, -0.2) is 4.79 Å². The maximum Gasteiger partial charge on any atom is 0.330 e. The van der Waals surface area contributed by atoms with Crippen molar-refractivity contribution < 1.29 is 14.7 Å². The van der Waals surface area contributed by atoms with Crippen LogP contribution in [0.5, 0.6) is 0 Å². The Labute approximate surface area is 234 Å². The molecular formula is C32H26BrN3O3. The Balaban J connectivity index is 1.29. The first-order valence-corrected chi connectivity index (χ1v) is 13.6. The summed E-state index contributed by atoms with van der Waals surface area (Å²) in [6.45, 7) is 0. The van der Waals surface area contributed by atoms with E-state index in [0.29, 0.717) is 12.0 Å². The third-order valence-corrected chi connectivity index (χ3v) is 7.84. The van der Waals surface area contributed by atoms with Gasteiger partial charge in [0.15, 0.2) is 6.04 Å². The van der Waals surface area contributed by atoms with Gasteiger partial charge in [-0.3, -0.25) is 10.1 Å². The fraction of sp³-hybridized carbons (Fsp3) is 0.125. The van der Waals surface area contributed by atoms with E-state index in [0.717, 1.165) is 43.3 Å². The number of hydrogen-bond acceptors (Lipinski definition) is 3. The molecule has 1 aliphatic rings. The van der Waals surface area contributed by atoms with Gasteiger partial charge in [-0.15, -0.1) is 0 Å². The third-order valence-electron chi connectivity index (χ3n) is 7.32. The zero-order chi connectivity index (χ0) is 26.9. The van der Waals surface area contributed by atoms with E-state index in [1.165, 1.54) is 0 Å². The van der Waals surface area contributed by atoms with Crippen LogP contribution in [0.4, 0.5) is 0 Å². The summed E-state index contributed by atoms with van der Waals surface area (Å²) in [4.78, 5) is 29.4. The summed E-state index contributed by atoms with van der Waals surface area (Å²) in [6, 6.07) is 31.2. The number of rotatable bonds is 6. The van der Waals surface area contributed by atoms with Crippen molar-refractivity contribution in [3.63, 3.8) is 0 Å². The highest BCUT2D eigenvalue weighted by atomic mass is 79.9. The molecule has 5 aromatic rings. The van der Waals surface area contributed by atoms with E-state index in [4.69, 9.17) is 0 Å². The number of carboxylic acids is 1. The Hall–Kier alpha value is -4.20. The first kappa shape index (κ1) is 25.1. The number of carboxylic acid groups (broad SMARTS) is 1. The first-order chi connectivity index (χ1) is 19.0. The van der Waals surface area contributed by atoms with Crippen LogP contribution in [0.25, 0.3) is 22.0 Å². The molecule has 2 heterocycles. The predicted molar refractivity (Wildman–Crippen MR) is 155 cm³/mol. The summed E-state index contributed by atoms with van der Waals surface area (Å²) < 4.78 is 0.968. The lowest BCUT2D eigenvalue weighted by Gasteiger charge is -2.32. The van der Waals surface area contributed by atoms with E-state index in [1.807, 2.05) is 84.9 Å². The number of halogens is 1. The zero-order valence-electron chi connectivity index (χ0n) is 20.9. The minimum atomic E-state index is -1.17. The molecule has 1 aliphatic heterocycles. The smallest absolute Gasteiger partial charge is 0.330 e. The Morgan fingerprint density at radius 3 is 2.23 bits per heavy atom. The number of aromatic amines is 1. The van der Waals surface area contributed by atoms with Crippen molar-refractivity contribution in [3.8, 4) is 11.1 Å². The highest BCUT2D eigenvalue weighted by molar-refractivity contribution is 9.10. The number of nitrogens with one attached hydrogen (secondary N) is 3. The largest absolute Gasteiger partial charge is 0.479 e. The van der Waals surface area contributed by atoms with E-state index in [2.05, 4.69) is 37.6 Å². The molecule has 6 nitrogen and oxygen atoms in total. The van der Waals surface area contributed by atoms with Crippen LogP contribution < -0.4 is 10.6 Å². The van der Waals surface area contributed by atoms with E-state index in [-0.39, 0.29) is 11.9 Å². The fourth-order valence-corrected chi connectivity index (χ4v) is 5.61. The Morgan fingerprint density at radius 2 is 1.51 bits per heavy atom. The highest BCUT2D eigenvalue weighted by Crippen LogP contribution is 2.35. The topological polar surface area (TPSA) is 94.2 Å². The quantitative estimate of drug-likeness (QED) is 0.194. The Kier molecular flexibility index (Phi) is 6.77. The molecule has 0 spiro atoms. The second-order valence-electron chi connectivity index (χ2n) is 9.74. The van der Waals surface area contributed by atoms with Crippen molar-refractivity contribution in [2.75, 3.05) is 0 Å². The number of carbonyl (C=O) groups excluding carboxylic acids is 1. The second-order valence-corrected chi connectivity index (χ2v) is 10.7. The molecule has 3 atom stereocenters. The molecule has 0 radical (unpaired) electrons. The maximum absolute atomic E-state index is 13.6. The van der Waals surface area contributed by atoms with Gasteiger partial charge in [-0.2, -0.15) is 0 Å². The number of H-pyrrole nitrogens is 1. The minimum Gasteiger partial charge on any atom is -0.479 e. The van der Waals surface area contributed by atoms with Crippen LogP contribution in [0, 0.1) is 0 Å². The minimum absolute atomic E-state index is 0.251. The summed E-state index contributed by atoms with van der Waals surface area (Å²) in [6.07, 6.45) is 0.442. The van der Waals surface area contributed by atoms with Gasteiger partial charge in [0.2, 0.25) is 5.91 Å². The van der Waals surface area contributed by atoms with Crippen LogP contribution in [0.1, 0.15) is 34.5 Å². The predicted octanol–water partition coefficient (Wildman–Crippen LogP) is 6.14. The van der Waals surface area contributed by atoms with Gasteiger partial charge in [0, 0.05) is 21.1 Å².